The van der Waals surface area contributed by atoms with Gasteiger partial charge in [0.2, 0.25) is 5.91 Å². The van der Waals surface area contributed by atoms with Gasteiger partial charge in [0.1, 0.15) is 12.3 Å². The van der Waals surface area contributed by atoms with Crippen molar-refractivity contribution in [2.75, 3.05) is 19.6 Å². The molecule has 4 rings (SSSR count). The zero-order valence-electron chi connectivity index (χ0n) is 17.1. The van der Waals surface area contributed by atoms with Gasteiger partial charge in [0.05, 0.1) is 12.3 Å². The number of aryl methyl sites for hydroxylation is 1. The summed E-state index contributed by atoms with van der Waals surface area (Å²) >= 11 is 5.36. The van der Waals surface area contributed by atoms with Crippen LogP contribution in [0.15, 0.2) is 47.1 Å². The van der Waals surface area contributed by atoms with Crippen LogP contribution in [0.2, 0.25) is 0 Å². The lowest BCUT2D eigenvalue weighted by atomic mass is 10.1. The van der Waals surface area contributed by atoms with E-state index in [0.29, 0.717) is 17.1 Å². The molecule has 158 valence electrons. The largest absolute Gasteiger partial charge is 0.468 e. The van der Waals surface area contributed by atoms with Crippen LogP contribution in [0.3, 0.4) is 0 Å². The Balaban J connectivity index is 1.45. The Morgan fingerprint density at radius 1 is 1.23 bits per heavy atom. The molecule has 1 saturated heterocycles. The van der Waals surface area contributed by atoms with E-state index in [0.717, 1.165) is 24.4 Å². The minimum Gasteiger partial charge on any atom is -0.468 e. The molecule has 0 bridgehead atoms. The van der Waals surface area contributed by atoms with E-state index in [1.807, 2.05) is 43.3 Å². The van der Waals surface area contributed by atoms with Gasteiger partial charge in [-0.1, -0.05) is 36.2 Å². The molecule has 30 heavy (non-hydrogen) atoms. The molecule has 0 saturated carbocycles. The number of piperidine rings is 1. The second-order valence-electron chi connectivity index (χ2n) is 7.74. The molecule has 8 heteroatoms. The number of likely N-dealkylation sites (tertiary alicyclic amines) is 1. The van der Waals surface area contributed by atoms with E-state index in [-0.39, 0.29) is 18.5 Å². The highest BCUT2D eigenvalue weighted by atomic mass is 32.1. The first kappa shape index (κ1) is 20.6. The van der Waals surface area contributed by atoms with Gasteiger partial charge in [-0.25, -0.2) is 0 Å². The number of hydrogen-bond acceptors (Lipinski definition) is 5. The van der Waals surface area contributed by atoms with Crippen molar-refractivity contribution in [3.63, 3.8) is 0 Å². The maximum absolute atomic E-state index is 12.8. The molecule has 0 aliphatic carbocycles. The van der Waals surface area contributed by atoms with Crippen molar-refractivity contribution in [2.24, 2.45) is 0 Å². The summed E-state index contributed by atoms with van der Waals surface area (Å²) in [4.78, 5) is 15.2. The number of H-pyrrole nitrogens is 1. The van der Waals surface area contributed by atoms with Crippen LogP contribution in [0.1, 0.15) is 36.6 Å². The van der Waals surface area contributed by atoms with Gasteiger partial charge in [-0.15, -0.1) is 0 Å². The van der Waals surface area contributed by atoms with Crippen LogP contribution in [0.4, 0.5) is 0 Å². The van der Waals surface area contributed by atoms with Gasteiger partial charge in [-0.05, 0) is 57.2 Å². The number of benzene rings is 1. The zero-order chi connectivity index (χ0) is 20.9. The Morgan fingerprint density at radius 2 is 2.00 bits per heavy atom. The lowest BCUT2D eigenvalue weighted by Crippen LogP contribution is -2.41. The van der Waals surface area contributed by atoms with Crippen LogP contribution in [-0.2, 0) is 11.3 Å². The van der Waals surface area contributed by atoms with Crippen LogP contribution in [0.25, 0.3) is 11.4 Å². The number of nitrogens with zero attached hydrogens (tertiary/aromatic N) is 3. The molecular weight excluding hydrogens is 398 g/mol. The fraction of sp³-hybridized carbons (Fsp3) is 0.409. The van der Waals surface area contributed by atoms with Crippen LogP contribution in [0.5, 0.6) is 0 Å². The van der Waals surface area contributed by atoms with Gasteiger partial charge in [0.25, 0.3) is 0 Å². The van der Waals surface area contributed by atoms with Crippen molar-refractivity contribution in [3.05, 3.63) is 58.8 Å². The molecule has 3 aromatic rings. The molecule has 0 spiro atoms. The van der Waals surface area contributed by atoms with Crippen molar-refractivity contribution in [1.29, 1.82) is 0 Å². The highest BCUT2D eigenvalue weighted by Gasteiger charge is 2.25. The lowest BCUT2D eigenvalue weighted by Gasteiger charge is -2.33. The van der Waals surface area contributed by atoms with E-state index in [4.69, 9.17) is 16.6 Å². The lowest BCUT2D eigenvalue weighted by molar-refractivity contribution is -0.122. The number of carbonyl (C=O) groups excluding carboxylic acids is 1. The third-order valence-electron chi connectivity index (χ3n) is 5.57. The summed E-state index contributed by atoms with van der Waals surface area (Å²) in [7, 11) is 0. The minimum atomic E-state index is -0.102. The third kappa shape index (κ3) is 4.71. The molecular formula is C22H27N5O2S. The Hall–Kier alpha value is -2.71. The molecule has 1 aliphatic heterocycles. The third-order valence-corrected chi connectivity index (χ3v) is 5.88. The smallest absolute Gasteiger partial charge is 0.240 e. The Kier molecular flexibility index (Phi) is 6.44. The number of carbonyl (C=O) groups is 1. The van der Waals surface area contributed by atoms with Crippen molar-refractivity contribution in [1.82, 2.24) is 25.0 Å². The predicted molar refractivity (Wildman–Crippen MR) is 117 cm³/mol. The number of aromatic nitrogens is 3. The quantitative estimate of drug-likeness (QED) is 0.562. The zero-order valence-corrected chi connectivity index (χ0v) is 18.0. The maximum Gasteiger partial charge on any atom is 0.240 e. The molecule has 1 fully saturated rings. The topological polar surface area (TPSA) is 79.1 Å². The van der Waals surface area contributed by atoms with E-state index in [2.05, 4.69) is 20.4 Å². The summed E-state index contributed by atoms with van der Waals surface area (Å²) in [5, 5.41) is 10.2. The first-order valence-corrected chi connectivity index (χ1v) is 10.8. The van der Waals surface area contributed by atoms with Gasteiger partial charge in [0, 0.05) is 12.1 Å². The number of nitrogens with one attached hydrogen (secondary N) is 2. The molecule has 1 unspecified atom stereocenters. The number of hydrogen-bond donors (Lipinski definition) is 2. The Bertz CT molecular complexity index is 1020. The molecule has 3 heterocycles. The monoisotopic (exact) mass is 425 g/mol. The molecule has 2 aromatic heterocycles. The van der Waals surface area contributed by atoms with Gasteiger partial charge in [0.15, 0.2) is 10.6 Å². The van der Waals surface area contributed by atoms with Gasteiger partial charge in [-0.2, -0.15) is 5.10 Å². The van der Waals surface area contributed by atoms with Crippen molar-refractivity contribution < 1.29 is 9.21 Å². The fourth-order valence-electron chi connectivity index (χ4n) is 3.92. The maximum atomic E-state index is 12.8. The Morgan fingerprint density at radius 3 is 2.70 bits per heavy atom. The summed E-state index contributed by atoms with van der Waals surface area (Å²) in [6.07, 6.45) is 5.30. The first-order valence-electron chi connectivity index (χ1n) is 10.4. The highest BCUT2D eigenvalue weighted by molar-refractivity contribution is 7.71. The van der Waals surface area contributed by atoms with E-state index < -0.39 is 0 Å². The summed E-state index contributed by atoms with van der Waals surface area (Å²) in [6, 6.07) is 11.9. The predicted octanol–water partition coefficient (Wildman–Crippen LogP) is 3.85. The summed E-state index contributed by atoms with van der Waals surface area (Å²) < 4.78 is 7.83. The van der Waals surface area contributed by atoms with Gasteiger partial charge in [-0.3, -0.25) is 19.4 Å². The summed E-state index contributed by atoms with van der Waals surface area (Å²) in [5.41, 5.74) is 2.08. The van der Waals surface area contributed by atoms with E-state index in [1.165, 1.54) is 24.8 Å². The number of furan rings is 1. The normalized spacial score (nSPS) is 15.8. The van der Waals surface area contributed by atoms with E-state index in [1.54, 1.807) is 10.8 Å². The molecule has 1 aliphatic rings. The molecule has 1 atom stereocenters. The van der Waals surface area contributed by atoms with E-state index in [9.17, 15) is 4.79 Å². The molecule has 1 aromatic carbocycles. The molecule has 2 N–H and O–H groups in total. The first-order chi connectivity index (χ1) is 14.6. The highest BCUT2D eigenvalue weighted by Crippen LogP contribution is 2.24. The van der Waals surface area contributed by atoms with E-state index >= 15 is 0 Å². The minimum absolute atomic E-state index is 0.0399. The summed E-state index contributed by atoms with van der Waals surface area (Å²) in [6.45, 7) is 4.68. The summed E-state index contributed by atoms with van der Waals surface area (Å²) in [5.74, 6) is 1.45. The van der Waals surface area contributed by atoms with Crippen molar-refractivity contribution in [2.45, 2.75) is 38.8 Å². The molecule has 0 radical (unpaired) electrons. The van der Waals surface area contributed by atoms with Gasteiger partial charge >= 0.3 is 0 Å². The number of amides is 1. The number of rotatable bonds is 7. The van der Waals surface area contributed by atoms with Crippen LogP contribution < -0.4 is 5.32 Å². The SMILES string of the molecule is Cc1ccc(-c2n[nH]c(=S)n2CC(=O)NCC(c2ccco2)N2CCCCC2)cc1. The fourth-order valence-corrected chi connectivity index (χ4v) is 4.11. The number of aromatic amines is 1. The average Bonchev–Trinajstić information content (AvgIpc) is 3.41. The van der Waals surface area contributed by atoms with Crippen LogP contribution >= 0.6 is 12.2 Å². The van der Waals surface area contributed by atoms with Crippen molar-refractivity contribution in [3.8, 4) is 11.4 Å². The van der Waals surface area contributed by atoms with Gasteiger partial charge < -0.3 is 9.73 Å². The second kappa shape index (κ2) is 9.40. The standard InChI is InChI=1S/C22H27N5O2S/c1-16-7-9-17(10-8-16)21-24-25-22(30)27(21)15-20(28)23-14-18(19-6-5-13-29-19)26-11-3-2-4-12-26/h5-10,13,18H,2-4,11-12,14-15H2,1H3,(H,23,28)(H,25,30). The van der Waals surface area contributed by atoms with Crippen LogP contribution in [-0.4, -0.2) is 45.2 Å². The van der Waals surface area contributed by atoms with Crippen LogP contribution in [0, 0.1) is 11.7 Å². The Labute approximate surface area is 181 Å². The van der Waals surface area contributed by atoms with Crippen molar-refractivity contribution >= 4 is 18.1 Å². The molecule has 1 amide bonds. The average molecular weight is 426 g/mol. The second-order valence-corrected chi connectivity index (χ2v) is 8.12. The molecule has 7 nitrogen and oxygen atoms in total.